The molecule has 0 spiro atoms. The van der Waals surface area contributed by atoms with Crippen LogP contribution >= 0.6 is 0 Å². The lowest BCUT2D eigenvalue weighted by atomic mass is 10.1. The molecule has 1 aliphatic heterocycles. The monoisotopic (exact) mass is 562 g/mol. The SMILES string of the molecule is COc1cccc(-n2c(-c3ccccc3)cc(C(=O)N3CCN(C(=O)Nc4cccc(C(F)(F)F)c4)CC3)c2C)c1. The van der Waals surface area contributed by atoms with E-state index in [9.17, 15) is 22.8 Å². The first kappa shape index (κ1) is 27.8. The van der Waals surface area contributed by atoms with Crippen molar-refractivity contribution in [3.63, 3.8) is 0 Å². The van der Waals surface area contributed by atoms with Crippen LogP contribution in [0.1, 0.15) is 21.6 Å². The van der Waals surface area contributed by atoms with Gasteiger partial charge in [-0.25, -0.2) is 4.79 Å². The number of hydrogen-bond donors (Lipinski definition) is 1. The maximum Gasteiger partial charge on any atom is 0.416 e. The summed E-state index contributed by atoms with van der Waals surface area (Å²) in [5.74, 6) is 0.543. The molecule has 212 valence electrons. The first-order chi connectivity index (χ1) is 19.7. The Bertz CT molecular complexity index is 1560. The molecule has 0 atom stereocenters. The second-order valence-corrected chi connectivity index (χ2v) is 9.72. The van der Waals surface area contributed by atoms with Gasteiger partial charge in [-0.1, -0.05) is 42.5 Å². The van der Waals surface area contributed by atoms with Gasteiger partial charge in [-0.3, -0.25) is 4.79 Å². The number of alkyl halides is 3. The molecule has 1 aliphatic rings. The Balaban J connectivity index is 1.33. The lowest BCUT2D eigenvalue weighted by Crippen LogP contribution is -2.51. The van der Waals surface area contributed by atoms with Crippen molar-refractivity contribution in [1.82, 2.24) is 14.4 Å². The van der Waals surface area contributed by atoms with Crippen LogP contribution < -0.4 is 10.1 Å². The number of urea groups is 1. The Hall–Kier alpha value is -4.73. The molecule has 0 radical (unpaired) electrons. The standard InChI is InChI=1S/C31H29F3N4O3/c1-21-27(20-28(22-8-4-3-5-9-22)38(21)25-12-7-13-26(19-25)41-2)29(39)36-14-16-37(17-15-36)30(40)35-24-11-6-10-23(18-24)31(32,33)34/h3-13,18-20H,14-17H2,1-2H3,(H,35,40). The number of carbonyl (C=O) groups excluding carboxylic acids is 2. The third-order valence-electron chi connectivity index (χ3n) is 7.15. The first-order valence-corrected chi connectivity index (χ1v) is 13.1. The highest BCUT2D eigenvalue weighted by Crippen LogP contribution is 2.32. The number of nitrogens with one attached hydrogen (secondary N) is 1. The molecule has 0 bridgehead atoms. The van der Waals surface area contributed by atoms with Crippen LogP contribution in [0.3, 0.4) is 0 Å². The molecule has 0 aliphatic carbocycles. The van der Waals surface area contributed by atoms with Gasteiger partial charge in [-0.05, 0) is 48.9 Å². The molecule has 1 fully saturated rings. The molecule has 3 aromatic carbocycles. The van der Waals surface area contributed by atoms with Crippen LogP contribution in [0, 0.1) is 6.92 Å². The second kappa shape index (κ2) is 11.4. The van der Waals surface area contributed by atoms with E-state index >= 15 is 0 Å². The predicted octanol–water partition coefficient (Wildman–Crippen LogP) is 6.47. The molecule has 1 N–H and O–H groups in total. The molecule has 10 heteroatoms. The Morgan fingerprint density at radius 3 is 2.20 bits per heavy atom. The molecular weight excluding hydrogens is 533 g/mol. The zero-order valence-corrected chi connectivity index (χ0v) is 22.6. The third kappa shape index (κ3) is 5.91. The summed E-state index contributed by atoms with van der Waals surface area (Å²) >= 11 is 0. The van der Waals surface area contributed by atoms with E-state index in [-0.39, 0.29) is 24.7 Å². The van der Waals surface area contributed by atoms with Crippen molar-refractivity contribution in [3.8, 4) is 22.7 Å². The fourth-order valence-electron chi connectivity index (χ4n) is 4.99. The van der Waals surface area contributed by atoms with Crippen LogP contribution in [-0.2, 0) is 6.18 Å². The van der Waals surface area contributed by atoms with Gasteiger partial charge in [0.05, 0.1) is 23.9 Å². The number of carbonyl (C=O) groups is 2. The van der Waals surface area contributed by atoms with Gasteiger partial charge in [0, 0.05) is 49.3 Å². The van der Waals surface area contributed by atoms with Crippen molar-refractivity contribution in [2.24, 2.45) is 0 Å². The molecule has 5 rings (SSSR count). The highest BCUT2D eigenvalue weighted by atomic mass is 19.4. The lowest BCUT2D eigenvalue weighted by Gasteiger charge is -2.34. The number of amides is 3. The van der Waals surface area contributed by atoms with Crippen molar-refractivity contribution < 1.29 is 27.5 Å². The Labute approximate surface area is 235 Å². The summed E-state index contributed by atoms with van der Waals surface area (Å²) in [6, 6.07) is 23.3. The summed E-state index contributed by atoms with van der Waals surface area (Å²) in [5.41, 5.74) is 3.21. The third-order valence-corrected chi connectivity index (χ3v) is 7.15. The largest absolute Gasteiger partial charge is 0.497 e. The Morgan fingerprint density at radius 2 is 1.51 bits per heavy atom. The van der Waals surface area contributed by atoms with Crippen LogP contribution in [-0.4, -0.2) is 59.6 Å². The number of ether oxygens (including phenoxy) is 1. The Morgan fingerprint density at radius 1 is 0.829 bits per heavy atom. The van der Waals surface area contributed by atoms with Crippen molar-refractivity contribution >= 4 is 17.6 Å². The molecule has 1 saturated heterocycles. The Kier molecular flexibility index (Phi) is 7.74. The van der Waals surface area contributed by atoms with E-state index in [1.165, 1.54) is 17.0 Å². The second-order valence-electron chi connectivity index (χ2n) is 9.72. The van der Waals surface area contributed by atoms with E-state index in [2.05, 4.69) is 5.32 Å². The molecule has 0 saturated carbocycles. The van der Waals surface area contributed by atoms with Crippen LogP contribution in [0.25, 0.3) is 16.9 Å². The number of aromatic nitrogens is 1. The number of methoxy groups -OCH3 is 1. The number of nitrogens with zero attached hydrogens (tertiary/aromatic N) is 3. The van der Waals surface area contributed by atoms with Gasteiger partial charge in [0.2, 0.25) is 0 Å². The highest BCUT2D eigenvalue weighted by molar-refractivity contribution is 5.97. The van der Waals surface area contributed by atoms with Gasteiger partial charge >= 0.3 is 12.2 Å². The van der Waals surface area contributed by atoms with E-state index in [0.29, 0.717) is 24.4 Å². The smallest absolute Gasteiger partial charge is 0.416 e. The van der Waals surface area contributed by atoms with E-state index in [1.807, 2.05) is 72.2 Å². The summed E-state index contributed by atoms with van der Waals surface area (Å²) in [5, 5.41) is 2.54. The molecule has 4 aromatic rings. The topological polar surface area (TPSA) is 66.8 Å². The maximum atomic E-state index is 13.7. The van der Waals surface area contributed by atoms with Gasteiger partial charge in [0.25, 0.3) is 5.91 Å². The van der Waals surface area contributed by atoms with Crippen molar-refractivity contribution in [2.45, 2.75) is 13.1 Å². The van der Waals surface area contributed by atoms with Crippen LogP contribution in [0.15, 0.2) is 84.9 Å². The minimum absolute atomic E-state index is 0.0614. The highest BCUT2D eigenvalue weighted by Gasteiger charge is 2.31. The van der Waals surface area contributed by atoms with Crippen molar-refractivity contribution in [2.75, 3.05) is 38.6 Å². The average Bonchev–Trinajstić information content (AvgIpc) is 3.34. The van der Waals surface area contributed by atoms with E-state index in [0.717, 1.165) is 34.8 Å². The summed E-state index contributed by atoms with van der Waals surface area (Å²) in [6.45, 7) is 2.98. The van der Waals surface area contributed by atoms with E-state index in [1.54, 1.807) is 12.0 Å². The molecule has 7 nitrogen and oxygen atoms in total. The number of rotatable bonds is 5. The van der Waals surface area contributed by atoms with E-state index < -0.39 is 17.8 Å². The fourth-order valence-corrected chi connectivity index (χ4v) is 4.99. The lowest BCUT2D eigenvalue weighted by molar-refractivity contribution is -0.137. The fraction of sp³-hybridized carbons (Fsp3) is 0.226. The molecule has 1 aromatic heterocycles. The minimum atomic E-state index is -4.50. The summed E-state index contributed by atoms with van der Waals surface area (Å²) in [6.07, 6.45) is -4.50. The quantitative estimate of drug-likeness (QED) is 0.303. The summed E-state index contributed by atoms with van der Waals surface area (Å²) in [4.78, 5) is 29.7. The van der Waals surface area contributed by atoms with Crippen LogP contribution in [0.4, 0.5) is 23.7 Å². The number of halogens is 3. The van der Waals surface area contributed by atoms with Gasteiger partial charge in [0.15, 0.2) is 0 Å². The number of piperazine rings is 1. The molecule has 41 heavy (non-hydrogen) atoms. The predicted molar refractivity (Wildman–Crippen MR) is 150 cm³/mol. The molecule has 0 unspecified atom stereocenters. The van der Waals surface area contributed by atoms with Gasteiger partial charge in [0.1, 0.15) is 5.75 Å². The zero-order valence-electron chi connectivity index (χ0n) is 22.6. The van der Waals surface area contributed by atoms with Gasteiger partial charge < -0.3 is 24.4 Å². The number of benzene rings is 3. The van der Waals surface area contributed by atoms with Crippen LogP contribution in [0.2, 0.25) is 0 Å². The molecule has 3 amide bonds. The van der Waals surface area contributed by atoms with Crippen molar-refractivity contribution in [1.29, 1.82) is 0 Å². The zero-order chi connectivity index (χ0) is 29.1. The molecular formula is C31H29F3N4O3. The van der Waals surface area contributed by atoms with Crippen LogP contribution in [0.5, 0.6) is 5.75 Å². The van der Waals surface area contributed by atoms with E-state index in [4.69, 9.17) is 4.74 Å². The average molecular weight is 563 g/mol. The maximum absolute atomic E-state index is 13.7. The van der Waals surface area contributed by atoms with Gasteiger partial charge in [-0.15, -0.1) is 0 Å². The number of anilines is 1. The molecule has 2 heterocycles. The first-order valence-electron chi connectivity index (χ1n) is 13.1. The normalized spacial score (nSPS) is 13.7. The summed E-state index contributed by atoms with van der Waals surface area (Å²) < 4.78 is 46.6. The van der Waals surface area contributed by atoms with Crippen molar-refractivity contribution in [3.05, 3.63) is 102 Å². The number of hydrogen-bond acceptors (Lipinski definition) is 3. The minimum Gasteiger partial charge on any atom is -0.497 e. The summed E-state index contributed by atoms with van der Waals surface area (Å²) in [7, 11) is 1.61. The van der Waals surface area contributed by atoms with Gasteiger partial charge in [-0.2, -0.15) is 13.2 Å².